The van der Waals surface area contributed by atoms with Gasteiger partial charge in [-0.1, -0.05) is 36.9 Å². The van der Waals surface area contributed by atoms with E-state index in [2.05, 4.69) is 6.58 Å². The minimum absolute atomic E-state index is 0.102. The van der Waals surface area contributed by atoms with E-state index in [0.29, 0.717) is 23.1 Å². The molecule has 3 rings (SSSR count). The molecule has 20 heavy (non-hydrogen) atoms. The van der Waals surface area contributed by atoms with Gasteiger partial charge in [0.25, 0.3) is 6.47 Å². The number of ketones is 2. The Labute approximate surface area is 115 Å². The molecule has 0 unspecified atom stereocenters. The second-order valence-corrected chi connectivity index (χ2v) is 4.55. The topological polar surface area (TPSA) is 60.4 Å². The zero-order valence-electron chi connectivity index (χ0n) is 10.5. The first-order valence-electron chi connectivity index (χ1n) is 6.07. The van der Waals surface area contributed by atoms with Crippen molar-refractivity contribution in [3.8, 4) is 0 Å². The second kappa shape index (κ2) is 4.42. The van der Waals surface area contributed by atoms with Crippen LogP contribution in [0, 0.1) is 0 Å². The summed E-state index contributed by atoms with van der Waals surface area (Å²) >= 11 is 0. The molecule has 0 amide bonds. The van der Waals surface area contributed by atoms with Gasteiger partial charge in [0.05, 0.1) is 5.57 Å². The molecule has 0 saturated carbocycles. The lowest BCUT2D eigenvalue weighted by Crippen LogP contribution is -2.26. The van der Waals surface area contributed by atoms with Crippen LogP contribution in [0.3, 0.4) is 0 Å². The maximum absolute atomic E-state index is 12.5. The van der Waals surface area contributed by atoms with Gasteiger partial charge in [-0.05, 0) is 12.0 Å². The van der Waals surface area contributed by atoms with Crippen LogP contribution in [0.1, 0.15) is 27.1 Å². The molecule has 0 heterocycles. The number of hydrogen-bond acceptors (Lipinski definition) is 4. The second-order valence-electron chi connectivity index (χ2n) is 4.55. The monoisotopic (exact) mass is 266 g/mol. The van der Waals surface area contributed by atoms with Gasteiger partial charge in [0.15, 0.2) is 11.6 Å². The Morgan fingerprint density at radius 1 is 1.10 bits per heavy atom. The van der Waals surface area contributed by atoms with Crippen LogP contribution in [0.15, 0.2) is 59.4 Å². The molecular weight excluding hydrogens is 256 g/mol. The van der Waals surface area contributed by atoms with Gasteiger partial charge in [0.2, 0.25) is 0 Å². The Balaban J connectivity index is 2.30. The van der Waals surface area contributed by atoms with E-state index in [4.69, 9.17) is 4.74 Å². The van der Waals surface area contributed by atoms with Crippen molar-refractivity contribution < 1.29 is 19.1 Å². The first-order chi connectivity index (χ1) is 9.65. The van der Waals surface area contributed by atoms with Crippen LogP contribution in [0.5, 0.6) is 0 Å². The molecule has 0 radical (unpaired) electrons. The van der Waals surface area contributed by atoms with Crippen molar-refractivity contribution in [2.75, 3.05) is 0 Å². The van der Waals surface area contributed by atoms with Crippen LogP contribution in [-0.2, 0) is 9.53 Å². The predicted octanol–water partition coefficient (Wildman–Crippen LogP) is 2.38. The fourth-order valence-corrected chi connectivity index (χ4v) is 2.50. The molecular formula is C16H10O4. The van der Waals surface area contributed by atoms with Gasteiger partial charge in [0.1, 0.15) is 5.76 Å². The third-order valence-electron chi connectivity index (χ3n) is 3.42. The standard InChI is InChI=1S/C16H10O4/c1-9-6-7-12-13(16(9)20-8-17)15(19)11-5-3-2-4-10(11)14(12)18/h2-5,7-8H,1,6H2. The normalized spacial score (nSPS) is 17.4. The highest BCUT2D eigenvalue weighted by molar-refractivity contribution is 6.31. The lowest BCUT2D eigenvalue weighted by atomic mass is 9.78. The summed E-state index contributed by atoms with van der Waals surface area (Å²) in [6.07, 6.45) is 2.04. The number of ether oxygens (including phenoxy) is 1. The van der Waals surface area contributed by atoms with Gasteiger partial charge >= 0.3 is 0 Å². The molecule has 0 atom stereocenters. The number of allylic oxidation sites excluding steroid dienone is 4. The number of carbonyl (C=O) groups is 3. The number of carbonyl (C=O) groups excluding carboxylic acids is 3. The molecule has 0 spiro atoms. The summed E-state index contributed by atoms with van der Waals surface area (Å²) in [6, 6.07) is 6.62. The van der Waals surface area contributed by atoms with Gasteiger partial charge in [-0.2, -0.15) is 0 Å². The molecule has 1 aromatic carbocycles. The lowest BCUT2D eigenvalue weighted by Gasteiger charge is -2.25. The van der Waals surface area contributed by atoms with Crippen LogP contribution < -0.4 is 0 Å². The molecule has 0 N–H and O–H groups in total. The summed E-state index contributed by atoms with van der Waals surface area (Å²) in [7, 11) is 0. The maximum Gasteiger partial charge on any atom is 0.298 e. The smallest absolute Gasteiger partial charge is 0.298 e. The minimum atomic E-state index is -0.316. The quantitative estimate of drug-likeness (QED) is 0.771. The Morgan fingerprint density at radius 2 is 1.75 bits per heavy atom. The molecule has 1 aromatic rings. The largest absolute Gasteiger partial charge is 0.428 e. The van der Waals surface area contributed by atoms with Crippen molar-refractivity contribution >= 4 is 18.0 Å². The number of rotatable bonds is 2. The van der Waals surface area contributed by atoms with E-state index in [-0.39, 0.29) is 34.9 Å². The van der Waals surface area contributed by atoms with Crippen molar-refractivity contribution in [2.24, 2.45) is 0 Å². The zero-order valence-corrected chi connectivity index (χ0v) is 10.5. The van der Waals surface area contributed by atoms with Crippen LogP contribution in [0.25, 0.3) is 0 Å². The highest BCUT2D eigenvalue weighted by Gasteiger charge is 2.37. The van der Waals surface area contributed by atoms with E-state index in [1.165, 1.54) is 0 Å². The number of fused-ring (bicyclic) bond motifs is 2. The summed E-state index contributed by atoms with van der Waals surface area (Å²) in [6.45, 7) is 4.02. The van der Waals surface area contributed by atoms with Crippen molar-refractivity contribution in [3.63, 3.8) is 0 Å². The lowest BCUT2D eigenvalue weighted by molar-refractivity contribution is -0.124. The zero-order chi connectivity index (χ0) is 14.3. The summed E-state index contributed by atoms with van der Waals surface area (Å²) in [4.78, 5) is 35.6. The molecule has 4 nitrogen and oxygen atoms in total. The molecule has 98 valence electrons. The SMILES string of the molecule is C=C1CC=C2C(=O)c3ccccc3C(=O)C2=C1OC=O. The van der Waals surface area contributed by atoms with Crippen LogP contribution >= 0.6 is 0 Å². The molecule has 0 aliphatic heterocycles. The Hall–Kier alpha value is -2.75. The summed E-state index contributed by atoms with van der Waals surface area (Å²) in [5.41, 5.74) is 1.64. The molecule has 0 bridgehead atoms. The molecule has 2 aliphatic carbocycles. The first-order valence-corrected chi connectivity index (χ1v) is 6.07. The minimum Gasteiger partial charge on any atom is -0.428 e. The van der Waals surface area contributed by atoms with Gasteiger partial charge in [-0.25, -0.2) is 0 Å². The van der Waals surface area contributed by atoms with E-state index in [1.807, 2.05) is 0 Å². The fraction of sp³-hybridized carbons (Fsp3) is 0.0625. The van der Waals surface area contributed by atoms with E-state index >= 15 is 0 Å². The van der Waals surface area contributed by atoms with Gasteiger partial charge in [-0.3, -0.25) is 14.4 Å². The van der Waals surface area contributed by atoms with E-state index in [9.17, 15) is 14.4 Å². The summed E-state index contributed by atoms with van der Waals surface area (Å²) in [5.74, 6) is -0.441. The van der Waals surface area contributed by atoms with Crippen LogP contribution in [0.2, 0.25) is 0 Å². The van der Waals surface area contributed by atoms with Gasteiger partial charge < -0.3 is 4.74 Å². The summed E-state index contributed by atoms with van der Waals surface area (Å²) < 4.78 is 4.88. The van der Waals surface area contributed by atoms with Crippen LogP contribution in [0.4, 0.5) is 0 Å². The third-order valence-corrected chi connectivity index (χ3v) is 3.42. The average molecular weight is 266 g/mol. The molecule has 0 saturated heterocycles. The predicted molar refractivity (Wildman–Crippen MR) is 71.1 cm³/mol. The fourth-order valence-electron chi connectivity index (χ4n) is 2.50. The van der Waals surface area contributed by atoms with Gasteiger partial charge in [-0.15, -0.1) is 0 Å². The van der Waals surface area contributed by atoms with E-state index < -0.39 is 0 Å². The van der Waals surface area contributed by atoms with Crippen LogP contribution in [-0.4, -0.2) is 18.0 Å². The maximum atomic E-state index is 12.5. The third kappa shape index (κ3) is 1.58. The molecule has 0 aromatic heterocycles. The summed E-state index contributed by atoms with van der Waals surface area (Å²) in [5, 5.41) is 0. The molecule has 0 fully saturated rings. The Bertz CT molecular complexity index is 735. The van der Waals surface area contributed by atoms with Gasteiger partial charge in [0, 0.05) is 16.7 Å². The average Bonchev–Trinajstić information content (AvgIpc) is 2.47. The van der Waals surface area contributed by atoms with Crippen molar-refractivity contribution in [1.82, 2.24) is 0 Å². The Morgan fingerprint density at radius 3 is 2.40 bits per heavy atom. The number of benzene rings is 1. The number of hydrogen-bond donors (Lipinski definition) is 0. The Kier molecular flexibility index (Phi) is 2.71. The van der Waals surface area contributed by atoms with Crippen molar-refractivity contribution in [2.45, 2.75) is 6.42 Å². The first kappa shape index (κ1) is 12.3. The van der Waals surface area contributed by atoms with Crippen molar-refractivity contribution in [1.29, 1.82) is 0 Å². The molecule has 4 heteroatoms. The van der Waals surface area contributed by atoms with E-state index in [0.717, 1.165) is 0 Å². The van der Waals surface area contributed by atoms with E-state index in [1.54, 1.807) is 30.3 Å². The highest BCUT2D eigenvalue weighted by atomic mass is 16.5. The highest BCUT2D eigenvalue weighted by Crippen LogP contribution is 2.37. The molecule has 2 aliphatic rings. The van der Waals surface area contributed by atoms with Crippen molar-refractivity contribution in [3.05, 3.63) is 70.5 Å². The number of Topliss-reactive ketones (excluding diaryl/α,β-unsaturated/α-hetero) is 2.